The predicted octanol–water partition coefficient (Wildman–Crippen LogP) is 4.34. The molecule has 5 heteroatoms. The molecule has 128 valence electrons. The van der Waals surface area contributed by atoms with E-state index < -0.39 is 9.84 Å². The number of aldehydes is 1. The molecule has 0 aromatic heterocycles. The maximum atomic E-state index is 13.4. The molecule has 0 radical (unpaired) electrons. The van der Waals surface area contributed by atoms with Crippen molar-refractivity contribution >= 4 is 37.7 Å². The zero-order valence-corrected chi connectivity index (χ0v) is 14.4. The fourth-order valence-electron chi connectivity index (χ4n) is 3.26. The highest BCUT2D eigenvalue weighted by atomic mass is 32.2. The van der Waals surface area contributed by atoms with Gasteiger partial charge in [0.1, 0.15) is 10.6 Å². The number of rotatable bonds is 3. The van der Waals surface area contributed by atoms with Gasteiger partial charge in [0.05, 0.1) is 4.90 Å². The van der Waals surface area contributed by atoms with E-state index in [4.69, 9.17) is 0 Å². The lowest BCUT2D eigenvalue weighted by Crippen LogP contribution is -2.05. The smallest absolute Gasteiger partial charge is 0.211 e. The molecule has 0 heterocycles. The molecule has 4 aromatic rings. The van der Waals surface area contributed by atoms with Crippen LogP contribution >= 0.6 is 0 Å². The number of hydrogen-bond acceptors (Lipinski definition) is 4. The normalized spacial score (nSPS) is 11.7. The highest BCUT2D eigenvalue weighted by molar-refractivity contribution is 7.92. The largest absolute Gasteiger partial charge is 0.507 e. The Labute approximate surface area is 150 Å². The van der Waals surface area contributed by atoms with Crippen LogP contribution in [0, 0.1) is 0 Å². The van der Waals surface area contributed by atoms with E-state index in [9.17, 15) is 18.3 Å². The lowest BCUT2D eigenvalue weighted by Gasteiger charge is -2.13. The first-order chi connectivity index (χ1) is 12.5. The van der Waals surface area contributed by atoms with Crippen LogP contribution in [-0.4, -0.2) is 19.8 Å². The van der Waals surface area contributed by atoms with Crippen molar-refractivity contribution in [3.63, 3.8) is 0 Å². The molecule has 0 saturated heterocycles. The first kappa shape index (κ1) is 16.3. The van der Waals surface area contributed by atoms with Gasteiger partial charge in [0.25, 0.3) is 0 Å². The molecule has 4 rings (SSSR count). The van der Waals surface area contributed by atoms with Crippen molar-refractivity contribution in [1.82, 2.24) is 0 Å². The van der Waals surface area contributed by atoms with Gasteiger partial charge in [-0.25, -0.2) is 8.42 Å². The second-order valence-electron chi connectivity index (χ2n) is 5.95. The quantitative estimate of drug-likeness (QED) is 0.550. The fraction of sp³-hybridized carbons (Fsp3) is 0. The first-order valence-corrected chi connectivity index (χ1v) is 9.45. The Bertz CT molecular complexity index is 1270. The monoisotopic (exact) mass is 362 g/mol. The van der Waals surface area contributed by atoms with E-state index in [1.54, 1.807) is 48.5 Å². The van der Waals surface area contributed by atoms with Crippen molar-refractivity contribution in [1.29, 1.82) is 0 Å². The van der Waals surface area contributed by atoms with E-state index in [0.717, 1.165) is 5.39 Å². The Morgan fingerprint density at radius 2 is 1.38 bits per heavy atom. The van der Waals surface area contributed by atoms with Gasteiger partial charge in [-0.05, 0) is 29.0 Å². The maximum Gasteiger partial charge on any atom is 0.211 e. The average Bonchev–Trinajstić information content (AvgIpc) is 2.66. The number of benzene rings is 4. The van der Waals surface area contributed by atoms with Crippen LogP contribution in [0.15, 0.2) is 82.6 Å². The van der Waals surface area contributed by atoms with Crippen LogP contribution in [0.5, 0.6) is 5.75 Å². The Hall–Kier alpha value is -3.18. The topological polar surface area (TPSA) is 71.4 Å². The highest BCUT2D eigenvalue weighted by Crippen LogP contribution is 2.38. The summed E-state index contributed by atoms with van der Waals surface area (Å²) in [5, 5.41) is 12.5. The number of carbonyl (C=O) groups is 1. The van der Waals surface area contributed by atoms with Crippen LogP contribution in [0.2, 0.25) is 0 Å². The van der Waals surface area contributed by atoms with Crippen molar-refractivity contribution in [2.75, 3.05) is 0 Å². The van der Waals surface area contributed by atoms with Crippen LogP contribution < -0.4 is 0 Å². The summed E-state index contributed by atoms with van der Waals surface area (Å²) < 4.78 is 26.9. The summed E-state index contributed by atoms with van der Waals surface area (Å²) >= 11 is 0. The Kier molecular flexibility index (Phi) is 3.74. The van der Waals surface area contributed by atoms with Gasteiger partial charge in [-0.15, -0.1) is 0 Å². The van der Waals surface area contributed by atoms with E-state index in [1.807, 2.05) is 6.07 Å². The zero-order chi connectivity index (χ0) is 18.3. The molecule has 4 nitrogen and oxygen atoms in total. The number of fused-ring (bicyclic) bond motifs is 2. The fourth-order valence-corrected chi connectivity index (χ4v) is 5.01. The Morgan fingerprint density at radius 3 is 2.12 bits per heavy atom. The third-order valence-corrected chi connectivity index (χ3v) is 6.36. The molecule has 0 amide bonds. The number of phenols is 1. The zero-order valence-electron chi connectivity index (χ0n) is 13.6. The van der Waals surface area contributed by atoms with Crippen molar-refractivity contribution < 1.29 is 18.3 Å². The van der Waals surface area contributed by atoms with Crippen LogP contribution in [-0.2, 0) is 9.84 Å². The molecule has 0 saturated carbocycles. The number of phenolic OH excluding ortho intramolecular Hbond substituents is 1. The van der Waals surface area contributed by atoms with Crippen LogP contribution in [0.1, 0.15) is 10.4 Å². The van der Waals surface area contributed by atoms with Gasteiger partial charge < -0.3 is 5.11 Å². The van der Waals surface area contributed by atoms with E-state index in [1.165, 1.54) is 18.2 Å². The molecule has 0 atom stereocenters. The summed E-state index contributed by atoms with van der Waals surface area (Å²) in [5.41, 5.74) is 0.418. The summed E-state index contributed by atoms with van der Waals surface area (Å²) in [4.78, 5) is 11.2. The Balaban J connectivity index is 2.11. The molecule has 0 unspecified atom stereocenters. The van der Waals surface area contributed by atoms with E-state index >= 15 is 0 Å². The third kappa shape index (κ3) is 2.36. The van der Waals surface area contributed by atoms with Crippen LogP contribution in [0.4, 0.5) is 0 Å². The summed E-state index contributed by atoms with van der Waals surface area (Å²) in [6, 6.07) is 19.8. The van der Waals surface area contributed by atoms with Gasteiger partial charge >= 0.3 is 0 Å². The number of sulfone groups is 1. The van der Waals surface area contributed by atoms with Gasteiger partial charge in [0.2, 0.25) is 9.84 Å². The standard InChI is InChI=1S/C21H14O4S/c22-13-15-10-12-20(18-8-4-3-6-16(15)18)26(24,25)21-17-7-2-1-5-14(17)9-11-19(21)23/h1-13,23H. The predicted molar refractivity (Wildman–Crippen MR) is 100 cm³/mol. The molecular formula is C21H14O4S. The molecule has 26 heavy (non-hydrogen) atoms. The average molecular weight is 362 g/mol. The summed E-state index contributed by atoms with van der Waals surface area (Å²) in [6.45, 7) is 0. The van der Waals surface area contributed by atoms with E-state index in [0.29, 0.717) is 28.0 Å². The van der Waals surface area contributed by atoms with Crippen LogP contribution in [0.25, 0.3) is 21.5 Å². The molecule has 0 aliphatic carbocycles. The second kappa shape index (κ2) is 5.97. The Morgan fingerprint density at radius 1 is 0.731 bits per heavy atom. The molecule has 0 aliphatic rings. The minimum Gasteiger partial charge on any atom is -0.507 e. The SMILES string of the molecule is O=Cc1ccc(S(=O)(=O)c2c(O)ccc3ccccc23)c2ccccc12. The molecule has 0 fully saturated rings. The molecule has 0 bridgehead atoms. The summed E-state index contributed by atoms with van der Waals surface area (Å²) in [6.07, 6.45) is 0.702. The van der Waals surface area contributed by atoms with E-state index in [2.05, 4.69) is 0 Å². The number of hydrogen-bond donors (Lipinski definition) is 1. The van der Waals surface area contributed by atoms with Crippen molar-refractivity contribution in [2.24, 2.45) is 0 Å². The van der Waals surface area contributed by atoms with Gasteiger partial charge in [0, 0.05) is 16.3 Å². The minimum atomic E-state index is -4.01. The molecular weight excluding hydrogens is 348 g/mol. The third-order valence-electron chi connectivity index (χ3n) is 4.46. The molecule has 0 spiro atoms. The summed E-state index contributed by atoms with van der Waals surface area (Å²) in [5.74, 6) is -0.299. The number of aromatic hydroxyl groups is 1. The minimum absolute atomic E-state index is 0.0605. The van der Waals surface area contributed by atoms with Gasteiger partial charge in [0.15, 0.2) is 6.29 Å². The van der Waals surface area contributed by atoms with Gasteiger partial charge in [-0.3, -0.25) is 4.79 Å². The second-order valence-corrected chi connectivity index (χ2v) is 7.81. The highest BCUT2D eigenvalue weighted by Gasteiger charge is 2.26. The van der Waals surface area contributed by atoms with Gasteiger partial charge in [-0.1, -0.05) is 54.6 Å². The molecule has 0 aliphatic heterocycles. The van der Waals surface area contributed by atoms with Crippen molar-refractivity contribution in [3.8, 4) is 5.75 Å². The lowest BCUT2D eigenvalue weighted by molar-refractivity contribution is 0.112. The van der Waals surface area contributed by atoms with Crippen molar-refractivity contribution in [3.05, 3.63) is 78.4 Å². The molecule has 4 aromatic carbocycles. The summed E-state index contributed by atoms with van der Waals surface area (Å²) in [7, 11) is -4.01. The van der Waals surface area contributed by atoms with Crippen LogP contribution in [0.3, 0.4) is 0 Å². The molecule has 1 N–H and O–H groups in total. The first-order valence-electron chi connectivity index (χ1n) is 7.97. The lowest BCUT2D eigenvalue weighted by atomic mass is 10.1. The van der Waals surface area contributed by atoms with Gasteiger partial charge in [-0.2, -0.15) is 0 Å². The van der Waals surface area contributed by atoms with E-state index in [-0.39, 0.29) is 15.5 Å². The van der Waals surface area contributed by atoms with Crippen molar-refractivity contribution in [2.45, 2.75) is 9.79 Å². The number of carbonyl (C=O) groups excluding carboxylic acids is 1. The maximum absolute atomic E-state index is 13.4.